The number of hydrazone groups is 1. The second-order valence-corrected chi connectivity index (χ2v) is 6.47. The number of hydrogen-bond acceptors (Lipinski definition) is 7. The number of anilines is 2. The zero-order valence-corrected chi connectivity index (χ0v) is 15.3. The van der Waals surface area contributed by atoms with Crippen molar-refractivity contribution < 1.29 is 23.5 Å². The van der Waals surface area contributed by atoms with E-state index in [2.05, 4.69) is 10.4 Å². The first kappa shape index (κ1) is 19.4. The van der Waals surface area contributed by atoms with Crippen molar-refractivity contribution in [2.45, 2.75) is 13.0 Å². The Labute approximate surface area is 160 Å². The van der Waals surface area contributed by atoms with E-state index in [1.807, 2.05) is 0 Å². The number of rotatable bonds is 6. The van der Waals surface area contributed by atoms with Gasteiger partial charge in [-0.3, -0.25) is 19.5 Å². The first-order valence-corrected chi connectivity index (χ1v) is 8.69. The molecule has 1 unspecified atom stereocenters. The molecule has 0 saturated carbocycles. The molecule has 1 aromatic rings. The number of hydrogen-bond donors (Lipinski definition) is 2. The van der Waals surface area contributed by atoms with Crippen LogP contribution in [-0.2, 0) is 14.3 Å². The summed E-state index contributed by atoms with van der Waals surface area (Å²) in [5, 5.41) is 8.16. The highest BCUT2D eigenvalue weighted by molar-refractivity contribution is 5.90. The minimum atomic E-state index is -0.593. The molecule has 1 aromatic carbocycles. The number of halogens is 1. The Hall–Kier alpha value is -3.37. The Morgan fingerprint density at radius 2 is 2.18 bits per heavy atom. The second-order valence-electron chi connectivity index (χ2n) is 6.47. The number of benzene rings is 1. The normalized spacial score (nSPS) is 19.0. The highest BCUT2D eigenvalue weighted by Gasteiger charge is 2.33. The first-order chi connectivity index (χ1) is 13.3. The molecular weight excluding hydrogens is 371 g/mol. The third-order valence-corrected chi connectivity index (χ3v) is 4.30. The molecule has 28 heavy (non-hydrogen) atoms. The van der Waals surface area contributed by atoms with Crippen molar-refractivity contribution in [3.63, 3.8) is 0 Å². The van der Waals surface area contributed by atoms with Crippen LogP contribution in [0, 0.1) is 5.82 Å². The monoisotopic (exact) mass is 392 g/mol. The lowest BCUT2D eigenvalue weighted by molar-refractivity contribution is -0.120. The molecule has 150 valence electrons. The molecule has 10 nitrogen and oxygen atoms in total. The summed E-state index contributed by atoms with van der Waals surface area (Å²) < 4.78 is 19.8. The van der Waals surface area contributed by atoms with Crippen LogP contribution in [0.4, 0.5) is 20.6 Å². The van der Waals surface area contributed by atoms with Crippen molar-refractivity contribution in [3.05, 3.63) is 24.0 Å². The van der Waals surface area contributed by atoms with Crippen LogP contribution in [-0.4, -0.2) is 68.1 Å². The van der Waals surface area contributed by atoms with E-state index in [-0.39, 0.29) is 25.5 Å². The molecule has 0 spiro atoms. The van der Waals surface area contributed by atoms with Crippen molar-refractivity contribution in [2.24, 2.45) is 10.8 Å². The lowest BCUT2D eigenvalue weighted by atomic mass is 10.2. The Morgan fingerprint density at radius 3 is 2.79 bits per heavy atom. The van der Waals surface area contributed by atoms with E-state index in [0.29, 0.717) is 24.5 Å². The number of primary amides is 1. The quantitative estimate of drug-likeness (QED) is 0.694. The summed E-state index contributed by atoms with van der Waals surface area (Å²) >= 11 is 0. The fourth-order valence-corrected chi connectivity index (χ4v) is 2.95. The number of nitrogens with zero attached hydrogens (tertiary/aromatic N) is 4. The van der Waals surface area contributed by atoms with Gasteiger partial charge in [-0.25, -0.2) is 9.18 Å². The zero-order valence-electron chi connectivity index (χ0n) is 15.3. The van der Waals surface area contributed by atoms with Gasteiger partial charge in [0.2, 0.25) is 11.8 Å². The van der Waals surface area contributed by atoms with Crippen molar-refractivity contribution in [2.75, 3.05) is 42.5 Å². The van der Waals surface area contributed by atoms with Gasteiger partial charge in [0.05, 0.1) is 31.0 Å². The van der Waals surface area contributed by atoms with Crippen LogP contribution < -0.4 is 20.9 Å². The minimum absolute atomic E-state index is 0.00246. The first-order valence-electron chi connectivity index (χ1n) is 8.69. The summed E-state index contributed by atoms with van der Waals surface area (Å²) in [6.45, 7) is 2.64. The molecule has 2 aliphatic rings. The maximum Gasteiger partial charge on any atom is 0.414 e. The van der Waals surface area contributed by atoms with Crippen molar-refractivity contribution >= 4 is 35.6 Å². The molecule has 0 aromatic heterocycles. The maximum absolute atomic E-state index is 14.6. The number of carbonyl (C=O) groups is 3. The summed E-state index contributed by atoms with van der Waals surface area (Å²) in [5.74, 6) is -1.23. The third-order valence-electron chi connectivity index (χ3n) is 4.30. The largest absolute Gasteiger partial charge is 0.442 e. The number of ether oxygens (including phenoxy) is 1. The SMILES string of the molecule is CC(=O)NCC1CN(c2ccc(N3C=NN(CC(N)=O)CC3)c(F)c2)C(=O)O1. The lowest BCUT2D eigenvalue weighted by Crippen LogP contribution is -2.41. The van der Waals surface area contributed by atoms with Gasteiger partial charge in [-0.2, -0.15) is 5.10 Å². The molecule has 1 fully saturated rings. The summed E-state index contributed by atoms with van der Waals surface area (Å²) in [6, 6.07) is 4.42. The average Bonchev–Trinajstić information content (AvgIpc) is 3.01. The van der Waals surface area contributed by atoms with Crippen molar-refractivity contribution in [1.29, 1.82) is 0 Å². The fraction of sp³-hybridized carbons (Fsp3) is 0.412. The molecule has 11 heteroatoms. The molecule has 0 aliphatic carbocycles. The van der Waals surface area contributed by atoms with Gasteiger partial charge in [-0.05, 0) is 18.2 Å². The maximum atomic E-state index is 14.6. The molecule has 0 bridgehead atoms. The Kier molecular flexibility index (Phi) is 5.62. The van der Waals surface area contributed by atoms with Gasteiger partial charge < -0.3 is 20.7 Å². The topological polar surface area (TPSA) is 121 Å². The van der Waals surface area contributed by atoms with Crippen molar-refractivity contribution in [3.8, 4) is 0 Å². The predicted molar refractivity (Wildman–Crippen MR) is 99.3 cm³/mol. The molecule has 3 N–H and O–H groups in total. The van der Waals surface area contributed by atoms with E-state index in [1.54, 1.807) is 17.0 Å². The van der Waals surface area contributed by atoms with Crippen LogP contribution in [0.15, 0.2) is 23.3 Å². The number of carbonyl (C=O) groups excluding carboxylic acids is 3. The number of amides is 3. The van der Waals surface area contributed by atoms with Crippen molar-refractivity contribution in [1.82, 2.24) is 10.3 Å². The van der Waals surface area contributed by atoms with E-state index in [0.717, 1.165) is 0 Å². The average molecular weight is 392 g/mol. The standard InChI is InChI=1S/C17H21FN6O4/c1-11(25)20-7-13-8-24(17(27)28-13)12-2-3-15(14(18)6-12)22-4-5-23(21-10-22)9-16(19)26/h2-3,6,10,13H,4-5,7-9H2,1H3,(H2,19,26)(H,20,25). The third kappa shape index (κ3) is 4.48. The van der Waals surface area contributed by atoms with E-state index in [9.17, 15) is 18.8 Å². The van der Waals surface area contributed by atoms with Crippen LogP contribution in [0.1, 0.15) is 6.92 Å². The highest BCUT2D eigenvalue weighted by Crippen LogP contribution is 2.28. The summed E-state index contributed by atoms with van der Waals surface area (Å²) in [7, 11) is 0. The molecular formula is C17H21FN6O4. The number of nitrogens with two attached hydrogens (primary N) is 1. The van der Waals surface area contributed by atoms with Gasteiger partial charge in [0.1, 0.15) is 24.8 Å². The van der Waals surface area contributed by atoms with E-state index < -0.39 is 23.9 Å². The van der Waals surface area contributed by atoms with Crippen LogP contribution in [0.2, 0.25) is 0 Å². The van der Waals surface area contributed by atoms with E-state index in [1.165, 1.54) is 29.2 Å². The van der Waals surface area contributed by atoms with Crippen LogP contribution >= 0.6 is 0 Å². The Balaban J connectivity index is 1.67. The molecule has 1 atom stereocenters. The highest BCUT2D eigenvalue weighted by atomic mass is 19.1. The van der Waals surface area contributed by atoms with E-state index in [4.69, 9.17) is 10.5 Å². The Morgan fingerprint density at radius 1 is 1.39 bits per heavy atom. The molecule has 3 rings (SSSR count). The number of nitrogens with one attached hydrogen (secondary N) is 1. The molecule has 1 saturated heterocycles. The molecule has 2 heterocycles. The van der Waals surface area contributed by atoms with Gasteiger partial charge in [-0.15, -0.1) is 0 Å². The van der Waals surface area contributed by atoms with Gasteiger partial charge in [0, 0.05) is 13.5 Å². The minimum Gasteiger partial charge on any atom is -0.442 e. The number of cyclic esters (lactones) is 1. The van der Waals surface area contributed by atoms with Crippen LogP contribution in [0.3, 0.4) is 0 Å². The van der Waals surface area contributed by atoms with Gasteiger partial charge >= 0.3 is 6.09 Å². The summed E-state index contributed by atoms with van der Waals surface area (Å²) in [6.07, 6.45) is 0.340. The molecule has 3 amide bonds. The molecule has 2 aliphatic heterocycles. The van der Waals surface area contributed by atoms with Gasteiger partial charge in [0.15, 0.2) is 0 Å². The summed E-state index contributed by atoms with van der Waals surface area (Å²) in [4.78, 5) is 36.9. The zero-order chi connectivity index (χ0) is 20.3. The Bertz CT molecular complexity index is 817. The lowest BCUT2D eigenvalue weighted by Gasteiger charge is -2.29. The second kappa shape index (κ2) is 8.11. The van der Waals surface area contributed by atoms with E-state index >= 15 is 0 Å². The predicted octanol–water partition coefficient (Wildman–Crippen LogP) is -0.162. The fourth-order valence-electron chi connectivity index (χ4n) is 2.95. The van der Waals surface area contributed by atoms with Crippen LogP contribution in [0.25, 0.3) is 0 Å². The smallest absolute Gasteiger partial charge is 0.414 e. The van der Waals surface area contributed by atoms with Gasteiger partial charge in [-0.1, -0.05) is 0 Å². The van der Waals surface area contributed by atoms with Gasteiger partial charge in [0.25, 0.3) is 0 Å². The van der Waals surface area contributed by atoms with Crippen LogP contribution in [0.5, 0.6) is 0 Å². The molecule has 0 radical (unpaired) electrons. The summed E-state index contributed by atoms with van der Waals surface area (Å²) in [5.41, 5.74) is 5.79.